The Balaban J connectivity index is 1.47. The first kappa shape index (κ1) is 20.9. The number of carboxylic acids is 1. The Hall–Kier alpha value is -3.38. The van der Waals surface area contributed by atoms with E-state index in [9.17, 15) is 9.90 Å². The molecule has 0 amide bonds. The van der Waals surface area contributed by atoms with Crippen LogP contribution in [0.25, 0.3) is 0 Å². The number of aromatic carboxylic acids is 1. The van der Waals surface area contributed by atoms with Crippen molar-refractivity contribution in [3.05, 3.63) is 83.2 Å². The van der Waals surface area contributed by atoms with E-state index in [4.69, 9.17) is 0 Å². The van der Waals surface area contributed by atoms with Crippen molar-refractivity contribution in [2.75, 3.05) is 23.8 Å². The van der Waals surface area contributed by atoms with Crippen LogP contribution in [0.3, 0.4) is 0 Å². The number of hydrogen-bond donors (Lipinski definition) is 3. The van der Waals surface area contributed by atoms with Gasteiger partial charge in [0, 0.05) is 37.7 Å². The van der Waals surface area contributed by atoms with Crippen LogP contribution in [0.2, 0.25) is 0 Å². The molecule has 0 radical (unpaired) electrons. The lowest BCUT2D eigenvalue weighted by Gasteiger charge is -2.21. The molecule has 160 valence electrons. The van der Waals surface area contributed by atoms with Gasteiger partial charge in [0.05, 0.1) is 23.5 Å². The van der Waals surface area contributed by atoms with Crippen molar-refractivity contribution in [2.45, 2.75) is 32.4 Å². The molecule has 6 heteroatoms. The molecule has 1 aliphatic heterocycles. The highest BCUT2D eigenvalue weighted by atomic mass is 16.4. The summed E-state index contributed by atoms with van der Waals surface area (Å²) in [5, 5.41) is 16.1. The van der Waals surface area contributed by atoms with E-state index >= 15 is 0 Å². The molecule has 1 atom stereocenters. The van der Waals surface area contributed by atoms with Crippen molar-refractivity contribution in [1.29, 1.82) is 0 Å². The molecule has 0 fully saturated rings. The summed E-state index contributed by atoms with van der Waals surface area (Å²) in [5.41, 5.74) is 6.91. The Bertz CT molecular complexity index is 1080. The minimum Gasteiger partial charge on any atom is -0.478 e. The summed E-state index contributed by atoms with van der Waals surface area (Å²) in [4.78, 5) is 17.6. The highest BCUT2D eigenvalue weighted by Crippen LogP contribution is 2.32. The van der Waals surface area contributed by atoms with E-state index in [2.05, 4.69) is 83.9 Å². The van der Waals surface area contributed by atoms with E-state index in [1.807, 2.05) is 0 Å². The Morgan fingerprint density at radius 1 is 1.19 bits per heavy atom. The highest BCUT2D eigenvalue weighted by molar-refractivity contribution is 5.93. The van der Waals surface area contributed by atoms with Crippen LogP contribution in [0.4, 0.5) is 17.1 Å². The van der Waals surface area contributed by atoms with Gasteiger partial charge in [0.2, 0.25) is 0 Å². The maximum absolute atomic E-state index is 11.4. The summed E-state index contributed by atoms with van der Waals surface area (Å²) in [6.07, 6.45) is 3.05. The number of nitrogens with one attached hydrogen (secondary N) is 2. The Labute approximate surface area is 182 Å². The third-order valence-corrected chi connectivity index (χ3v) is 5.92. The number of pyridine rings is 1. The molecule has 0 spiro atoms. The zero-order chi connectivity index (χ0) is 22.0. The van der Waals surface area contributed by atoms with Crippen molar-refractivity contribution < 1.29 is 9.90 Å². The molecule has 2 heterocycles. The smallest absolute Gasteiger partial charge is 0.337 e. The van der Waals surface area contributed by atoms with Gasteiger partial charge in [0.25, 0.3) is 0 Å². The number of carbonyl (C=O) groups is 1. The van der Waals surface area contributed by atoms with Gasteiger partial charge in [-0.3, -0.25) is 4.98 Å². The van der Waals surface area contributed by atoms with E-state index in [-0.39, 0.29) is 11.6 Å². The monoisotopic (exact) mass is 416 g/mol. The largest absolute Gasteiger partial charge is 0.478 e. The van der Waals surface area contributed by atoms with Gasteiger partial charge in [0.1, 0.15) is 0 Å². The Kier molecular flexibility index (Phi) is 5.91. The number of fused-ring (bicyclic) bond motifs is 1. The molecule has 31 heavy (non-hydrogen) atoms. The minimum absolute atomic E-state index is 0.113. The number of aromatic nitrogens is 1. The van der Waals surface area contributed by atoms with Gasteiger partial charge >= 0.3 is 5.97 Å². The number of rotatable bonds is 7. The number of nitrogens with zero attached hydrogens (tertiary/aromatic N) is 2. The first-order valence-corrected chi connectivity index (χ1v) is 10.5. The number of anilines is 3. The second-order valence-electron chi connectivity index (χ2n) is 8.23. The number of hydrogen-bond acceptors (Lipinski definition) is 5. The predicted molar refractivity (Wildman–Crippen MR) is 124 cm³/mol. The van der Waals surface area contributed by atoms with Crippen LogP contribution in [0.15, 0.2) is 60.9 Å². The number of carboxylic acid groups (broad SMARTS) is 1. The van der Waals surface area contributed by atoms with Crippen LogP contribution in [0.1, 0.15) is 52.9 Å². The molecule has 3 N–H and O–H groups in total. The van der Waals surface area contributed by atoms with Crippen LogP contribution < -0.4 is 15.5 Å². The van der Waals surface area contributed by atoms with Crippen LogP contribution in [-0.4, -0.2) is 29.7 Å². The molecule has 1 aliphatic rings. The van der Waals surface area contributed by atoms with E-state index in [1.54, 1.807) is 6.20 Å². The maximum Gasteiger partial charge on any atom is 0.337 e. The predicted octanol–water partition coefficient (Wildman–Crippen LogP) is 4.93. The molecule has 0 saturated heterocycles. The highest BCUT2D eigenvalue weighted by Gasteiger charge is 2.23. The molecule has 0 aliphatic carbocycles. The van der Waals surface area contributed by atoms with E-state index in [0.717, 1.165) is 17.9 Å². The van der Waals surface area contributed by atoms with Gasteiger partial charge < -0.3 is 20.6 Å². The van der Waals surface area contributed by atoms with E-state index < -0.39 is 5.97 Å². The lowest BCUT2D eigenvalue weighted by Crippen LogP contribution is -2.22. The second-order valence-corrected chi connectivity index (χ2v) is 8.23. The van der Waals surface area contributed by atoms with Crippen molar-refractivity contribution >= 4 is 23.0 Å². The van der Waals surface area contributed by atoms with Gasteiger partial charge in [0.15, 0.2) is 0 Å². The summed E-state index contributed by atoms with van der Waals surface area (Å²) in [5.74, 6) is -0.437. The van der Waals surface area contributed by atoms with Crippen molar-refractivity contribution in [3.63, 3.8) is 0 Å². The normalized spacial score (nSPS) is 15.0. The standard InChI is InChI=1S/C25H28N4O2/c1-16(2)17-4-6-19(7-5-17)29(3)20-8-9-21-18(12-20)13-27-24(21)15-28-23-14-26-11-10-22(23)25(30)31/h4-12,14,16,24,27-28H,13,15H2,1-3H3,(H,30,31). The second kappa shape index (κ2) is 8.78. The summed E-state index contributed by atoms with van der Waals surface area (Å²) < 4.78 is 0. The third kappa shape index (κ3) is 4.39. The Morgan fingerprint density at radius 3 is 2.65 bits per heavy atom. The molecule has 2 aromatic carbocycles. The van der Waals surface area contributed by atoms with Crippen LogP contribution >= 0.6 is 0 Å². The first-order valence-electron chi connectivity index (χ1n) is 10.5. The van der Waals surface area contributed by atoms with Gasteiger partial charge in [-0.15, -0.1) is 0 Å². The molecule has 0 saturated carbocycles. The summed E-state index contributed by atoms with van der Waals surface area (Å²) in [6, 6.07) is 16.9. The van der Waals surface area contributed by atoms with Crippen LogP contribution in [0, 0.1) is 0 Å². The van der Waals surface area contributed by atoms with Crippen LogP contribution in [0.5, 0.6) is 0 Å². The Morgan fingerprint density at radius 2 is 1.94 bits per heavy atom. The average molecular weight is 417 g/mol. The molecule has 3 aromatic rings. The van der Waals surface area contributed by atoms with Gasteiger partial charge in [-0.25, -0.2) is 4.79 Å². The average Bonchev–Trinajstić information content (AvgIpc) is 3.19. The van der Waals surface area contributed by atoms with Crippen molar-refractivity contribution in [2.24, 2.45) is 0 Å². The summed E-state index contributed by atoms with van der Waals surface area (Å²) in [7, 11) is 2.09. The molecule has 1 unspecified atom stereocenters. The quantitative estimate of drug-likeness (QED) is 0.507. The van der Waals surface area contributed by atoms with E-state index in [0.29, 0.717) is 18.2 Å². The van der Waals surface area contributed by atoms with Gasteiger partial charge in [-0.1, -0.05) is 32.0 Å². The molecular weight excluding hydrogens is 388 g/mol. The summed E-state index contributed by atoms with van der Waals surface area (Å²) in [6.45, 7) is 5.78. The fraction of sp³-hybridized carbons (Fsp3) is 0.280. The molecular formula is C25H28N4O2. The SMILES string of the molecule is CC(C)c1ccc(N(C)c2ccc3c(c2)CNC3CNc2cnccc2C(=O)O)cc1. The fourth-order valence-corrected chi connectivity index (χ4v) is 3.98. The molecule has 0 bridgehead atoms. The molecule has 1 aromatic heterocycles. The lowest BCUT2D eigenvalue weighted by atomic mass is 10.0. The summed E-state index contributed by atoms with van der Waals surface area (Å²) >= 11 is 0. The van der Waals surface area contributed by atoms with Crippen molar-refractivity contribution in [3.8, 4) is 0 Å². The topological polar surface area (TPSA) is 77.5 Å². The van der Waals surface area contributed by atoms with Gasteiger partial charge in [-0.05, 0) is 52.9 Å². The minimum atomic E-state index is -0.959. The third-order valence-electron chi connectivity index (χ3n) is 5.92. The lowest BCUT2D eigenvalue weighted by molar-refractivity contribution is 0.0697. The van der Waals surface area contributed by atoms with Gasteiger partial charge in [-0.2, -0.15) is 0 Å². The zero-order valence-corrected chi connectivity index (χ0v) is 18.1. The molecule has 6 nitrogen and oxygen atoms in total. The zero-order valence-electron chi connectivity index (χ0n) is 18.1. The van der Waals surface area contributed by atoms with Crippen molar-refractivity contribution in [1.82, 2.24) is 10.3 Å². The van der Waals surface area contributed by atoms with Crippen LogP contribution in [-0.2, 0) is 6.54 Å². The van der Waals surface area contributed by atoms with E-state index in [1.165, 1.54) is 29.0 Å². The maximum atomic E-state index is 11.4. The fourth-order valence-electron chi connectivity index (χ4n) is 3.98. The number of benzene rings is 2. The molecule has 4 rings (SSSR count). The first-order chi connectivity index (χ1) is 14.9.